The third-order valence-electron chi connectivity index (χ3n) is 4.18. The minimum Gasteiger partial charge on any atom is -0.354 e. The highest BCUT2D eigenvalue weighted by molar-refractivity contribution is 5.81. The molecule has 1 fully saturated rings. The summed E-state index contributed by atoms with van der Waals surface area (Å²) in [6, 6.07) is 9.00. The monoisotopic (exact) mass is 288 g/mol. The Labute approximate surface area is 128 Å². The lowest BCUT2D eigenvalue weighted by Gasteiger charge is -2.29. The lowest BCUT2D eigenvalue weighted by Crippen LogP contribution is -2.41. The molecule has 0 aromatic heterocycles. The molecule has 0 bridgehead atoms. The fourth-order valence-corrected chi connectivity index (χ4v) is 2.75. The summed E-state index contributed by atoms with van der Waals surface area (Å²) in [6.45, 7) is 10.9. The average molecular weight is 288 g/mol. The van der Waals surface area contributed by atoms with Gasteiger partial charge in [-0.2, -0.15) is 0 Å². The minimum absolute atomic E-state index is 0.124. The highest BCUT2D eigenvalue weighted by Gasteiger charge is 2.26. The number of benzene rings is 1. The van der Waals surface area contributed by atoms with Crippen LogP contribution in [0.3, 0.4) is 0 Å². The Bertz CT molecular complexity index is 467. The summed E-state index contributed by atoms with van der Waals surface area (Å²) in [5.41, 5.74) is 2.25. The Morgan fingerprint density at radius 3 is 2.29 bits per heavy atom. The molecule has 1 atom stereocenters. The Balaban J connectivity index is 2.09. The van der Waals surface area contributed by atoms with Gasteiger partial charge in [0.2, 0.25) is 5.91 Å². The molecule has 1 aliphatic heterocycles. The van der Waals surface area contributed by atoms with E-state index in [0.717, 1.165) is 13.1 Å². The van der Waals surface area contributed by atoms with Crippen LogP contribution in [0.25, 0.3) is 0 Å². The zero-order chi connectivity index (χ0) is 15.5. The van der Waals surface area contributed by atoms with Gasteiger partial charge in [-0.3, -0.25) is 9.69 Å². The first-order valence-electron chi connectivity index (χ1n) is 7.97. The second-order valence-electron chi connectivity index (χ2n) is 7.13. The molecule has 1 heterocycles. The van der Waals surface area contributed by atoms with Crippen molar-refractivity contribution in [2.75, 3.05) is 19.6 Å². The number of aryl methyl sites for hydroxylation is 1. The summed E-state index contributed by atoms with van der Waals surface area (Å²) >= 11 is 0. The van der Waals surface area contributed by atoms with Crippen molar-refractivity contribution in [1.29, 1.82) is 0 Å². The lowest BCUT2D eigenvalue weighted by atomic mass is 9.95. The highest BCUT2D eigenvalue weighted by Crippen LogP contribution is 2.25. The Morgan fingerprint density at radius 1 is 1.19 bits per heavy atom. The van der Waals surface area contributed by atoms with E-state index in [2.05, 4.69) is 41.4 Å². The van der Waals surface area contributed by atoms with Crippen molar-refractivity contribution in [3.8, 4) is 0 Å². The Morgan fingerprint density at radius 2 is 1.76 bits per heavy atom. The third kappa shape index (κ3) is 4.31. The van der Waals surface area contributed by atoms with E-state index in [9.17, 15) is 4.79 Å². The van der Waals surface area contributed by atoms with Crippen LogP contribution in [0, 0.1) is 12.3 Å². The van der Waals surface area contributed by atoms with E-state index in [1.807, 2.05) is 20.8 Å². The highest BCUT2D eigenvalue weighted by atomic mass is 16.2. The fraction of sp³-hybridized carbons (Fsp3) is 0.611. The quantitative estimate of drug-likeness (QED) is 0.922. The van der Waals surface area contributed by atoms with Crippen LogP contribution >= 0.6 is 0 Å². The standard InChI is InChI=1S/C18H28N2O/c1-14-7-9-15(10-8-14)16(20-11-5-6-12-20)13-19-17(21)18(2,3)4/h7-10,16H,5-6,11-13H2,1-4H3,(H,19,21). The van der Waals surface area contributed by atoms with E-state index in [0.29, 0.717) is 12.6 Å². The zero-order valence-corrected chi connectivity index (χ0v) is 13.8. The summed E-state index contributed by atoms with van der Waals surface area (Å²) in [4.78, 5) is 14.6. The van der Waals surface area contributed by atoms with Gasteiger partial charge in [0.15, 0.2) is 0 Å². The van der Waals surface area contributed by atoms with Crippen molar-refractivity contribution in [3.05, 3.63) is 35.4 Å². The number of nitrogens with zero attached hydrogens (tertiary/aromatic N) is 1. The van der Waals surface area contributed by atoms with Crippen LogP contribution in [0.4, 0.5) is 0 Å². The molecule has 0 aliphatic carbocycles. The number of carbonyl (C=O) groups excluding carboxylic acids is 1. The molecule has 2 rings (SSSR count). The lowest BCUT2D eigenvalue weighted by molar-refractivity contribution is -0.128. The van der Waals surface area contributed by atoms with Gasteiger partial charge in [-0.1, -0.05) is 50.6 Å². The fourth-order valence-electron chi connectivity index (χ4n) is 2.75. The van der Waals surface area contributed by atoms with Crippen molar-refractivity contribution in [3.63, 3.8) is 0 Å². The Hall–Kier alpha value is -1.35. The number of likely N-dealkylation sites (tertiary alicyclic amines) is 1. The first kappa shape index (κ1) is 16.0. The number of carbonyl (C=O) groups is 1. The third-order valence-corrected chi connectivity index (χ3v) is 4.18. The van der Waals surface area contributed by atoms with Crippen molar-refractivity contribution in [2.24, 2.45) is 5.41 Å². The molecule has 3 nitrogen and oxygen atoms in total. The normalized spacial score (nSPS) is 17.7. The maximum absolute atomic E-state index is 12.1. The van der Waals surface area contributed by atoms with Crippen LogP contribution < -0.4 is 5.32 Å². The number of amides is 1. The zero-order valence-electron chi connectivity index (χ0n) is 13.8. The molecular weight excluding hydrogens is 260 g/mol. The molecule has 3 heteroatoms. The molecule has 1 aromatic carbocycles. The van der Waals surface area contributed by atoms with Gasteiger partial charge in [0.1, 0.15) is 0 Å². The van der Waals surface area contributed by atoms with Gasteiger partial charge < -0.3 is 5.32 Å². The van der Waals surface area contributed by atoms with Crippen LogP contribution in [0.5, 0.6) is 0 Å². The molecular formula is C18H28N2O. The molecule has 116 valence electrons. The van der Waals surface area contributed by atoms with Crippen molar-refractivity contribution in [2.45, 2.75) is 46.6 Å². The molecule has 0 saturated carbocycles. The van der Waals surface area contributed by atoms with E-state index < -0.39 is 0 Å². The van der Waals surface area contributed by atoms with Gasteiger partial charge in [0.25, 0.3) is 0 Å². The second-order valence-corrected chi connectivity index (χ2v) is 7.13. The first-order chi connectivity index (χ1) is 9.88. The SMILES string of the molecule is Cc1ccc(C(CNC(=O)C(C)(C)C)N2CCCC2)cc1. The maximum Gasteiger partial charge on any atom is 0.225 e. The van der Waals surface area contributed by atoms with Gasteiger partial charge >= 0.3 is 0 Å². The van der Waals surface area contributed by atoms with E-state index in [-0.39, 0.29) is 11.3 Å². The summed E-state index contributed by atoms with van der Waals surface area (Å²) in [5, 5.41) is 3.13. The van der Waals surface area contributed by atoms with Gasteiger partial charge in [0.05, 0.1) is 6.04 Å². The smallest absolute Gasteiger partial charge is 0.225 e. The van der Waals surface area contributed by atoms with Gasteiger partial charge in [-0.25, -0.2) is 0 Å². The molecule has 1 aliphatic rings. The summed E-state index contributed by atoms with van der Waals surface area (Å²) < 4.78 is 0. The van der Waals surface area contributed by atoms with Crippen LogP contribution in [0.15, 0.2) is 24.3 Å². The van der Waals surface area contributed by atoms with E-state index in [1.165, 1.54) is 24.0 Å². The second kappa shape index (κ2) is 6.61. The molecule has 1 amide bonds. The molecule has 1 aromatic rings. The number of hydrogen-bond acceptors (Lipinski definition) is 2. The summed E-state index contributed by atoms with van der Waals surface area (Å²) in [5.74, 6) is 0.124. The Kier molecular flexibility index (Phi) is 5.04. The summed E-state index contributed by atoms with van der Waals surface area (Å²) in [7, 11) is 0. The first-order valence-corrected chi connectivity index (χ1v) is 7.97. The minimum atomic E-state index is -0.331. The van der Waals surface area contributed by atoms with Crippen LogP contribution in [-0.2, 0) is 4.79 Å². The molecule has 21 heavy (non-hydrogen) atoms. The number of hydrogen-bond donors (Lipinski definition) is 1. The van der Waals surface area contributed by atoms with Crippen molar-refractivity contribution in [1.82, 2.24) is 10.2 Å². The van der Waals surface area contributed by atoms with Gasteiger partial charge in [-0.15, -0.1) is 0 Å². The van der Waals surface area contributed by atoms with Gasteiger partial charge in [-0.05, 0) is 38.4 Å². The molecule has 1 saturated heterocycles. The van der Waals surface area contributed by atoms with Crippen LogP contribution in [-0.4, -0.2) is 30.4 Å². The predicted molar refractivity (Wildman–Crippen MR) is 87.2 cm³/mol. The molecule has 0 spiro atoms. The molecule has 0 radical (unpaired) electrons. The molecule has 1 unspecified atom stereocenters. The van der Waals surface area contributed by atoms with Crippen molar-refractivity contribution >= 4 is 5.91 Å². The predicted octanol–water partition coefficient (Wildman–Crippen LogP) is 3.29. The van der Waals surface area contributed by atoms with Crippen molar-refractivity contribution < 1.29 is 4.79 Å². The summed E-state index contributed by atoms with van der Waals surface area (Å²) in [6.07, 6.45) is 2.52. The number of nitrogens with one attached hydrogen (secondary N) is 1. The largest absolute Gasteiger partial charge is 0.354 e. The molecule has 1 N–H and O–H groups in total. The average Bonchev–Trinajstić information content (AvgIpc) is 2.93. The van der Waals surface area contributed by atoms with E-state index in [4.69, 9.17) is 0 Å². The van der Waals surface area contributed by atoms with Crippen LogP contribution in [0.2, 0.25) is 0 Å². The van der Waals surface area contributed by atoms with Gasteiger partial charge in [0, 0.05) is 12.0 Å². The van der Waals surface area contributed by atoms with E-state index >= 15 is 0 Å². The topological polar surface area (TPSA) is 32.3 Å². The maximum atomic E-state index is 12.1. The van der Waals surface area contributed by atoms with E-state index in [1.54, 1.807) is 0 Å². The van der Waals surface area contributed by atoms with Crippen LogP contribution in [0.1, 0.15) is 50.8 Å². The number of rotatable bonds is 4.